The van der Waals surface area contributed by atoms with Crippen molar-refractivity contribution in [2.75, 3.05) is 33.4 Å². The fraction of sp³-hybridized carbons (Fsp3) is 0.476. The van der Waals surface area contributed by atoms with Crippen LogP contribution in [0.3, 0.4) is 0 Å². The summed E-state index contributed by atoms with van der Waals surface area (Å²) in [6.07, 6.45) is 4.16. The van der Waals surface area contributed by atoms with Crippen molar-refractivity contribution in [3.8, 4) is 10.4 Å². The Morgan fingerprint density at radius 2 is 2.00 bits per heavy atom. The van der Waals surface area contributed by atoms with E-state index in [9.17, 15) is 4.79 Å². The SMILES string of the molecule is COCC1(CNC(=O)c2cc3c(s2)-c2ccccc2CC3)CCNCC1. The van der Waals surface area contributed by atoms with Crippen molar-refractivity contribution in [1.29, 1.82) is 0 Å². The third-order valence-corrected chi connectivity index (χ3v) is 6.91. The number of piperidine rings is 1. The van der Waals surface area contributed by atoms with E-state index in [0.29, 0.717) is 13.2 Å². The Balaban J connectivity index is 1.49. The lowest BCUT2D eigenvalue weighted by Crippen LogP contribution is -2.47. The first-order valence-corrected chi connectivity index (χ1v) is 10.2. The summed E-state index contributed by atoms with van der Waals surface area (Å²) in [4.78, 5) is 14.9. The number of carbonyl (C=O) groups excluding carboxylic acids is 1. The van der Waals surface area contributed by atoms with E-state index in [-0.39, 0.29) is 11.3 Å². The Morgan fingerprint density at radius 1 is 1.23 bits per heavy atom. The molecule has 2 N–H and O–H groups in total. The summed E-state index contributed by atoms with van der Waals surface area (Å²) >= 11 is 1.63. The molecule has 26 heavy (non-hydrogen) atoms. The van der Waals surface area contributed by atoms with Crippen LogP contribution in [0.5, 0.6) is 0 Å². The Bertz CT molecular complexity index is 788. The van der Waals surface area contributed by atoms with E-state index in [4.69, 9.17) is 4.74 Å². The number of benzene rings is 1. The number of thiophene rings is 1. The molecule has 2 aliphatic rings. The molecule has 0 radical (unpaired) electrons. The average Bonchev–Trinajstić information content (AvgIpc) is 3.12. The monoisotopic (exact) mass is 370 g/mol. The largest absolute Gasteiger partial charge is 0.384 e. The molecule has 0 atom stereocenters. The van der Waals surface area contributed by atoms with E-state index in [1.165, 1.54) is 21.6 Å². The Morgan fingerprint density at radius 3 is 2.81 bits per heavy atom. The lowest BCUT2D eigenvalue weighted by Gasteiger charge is -2.37. The van der Waals surface area contributed by atoms with Gasteiger partial charge in [0.2, 0.25) is 0 Å². The minimum Gasteiger partial charge on any atom is -0.384 e. The van der Waals surface area contributed by atoms with Crippen molar-refractivity contribution in [3.63, 3.8) is 0 Å². The maximum absolute atomic E-state index is 12.8. The molecular formula is C21H26N2O2S. The molecular weight excluding hydrogens is 344 g/mol. The molecule has 1 saturated heterocycles. The fourth-order valence-corrected chi connectivity index (χ4v) is 5.36. The second kappa shape index (κ2) is 7.51. The summed E-state index contributed by atoms with van der Waals surface area (Å²) in [7, 11) is 1.75. The van der Waals surface area contributed by atoms with Crippen LogP contribution in [0.15, 0.2) is 30.3 Å². The van der Waals surface area contributed by atoms with Crippen LogP contribution in [0, 0.1) is 5.41 Å². The number of ether oxygens (including phenoxy) is 1. The number of methoxy groups -OCH3 is 1. The summed E-state index contributed by atoms with van der Waals surface area (Å²) in [5.41, 5.74) is 4.06. The smallest absolute Gasteiger partial charge is 0.261 e. The van der Waals surface area contributed by atoms with E-state index in [1.807, 2.05) is 0 Å². The van der Waals surface area contributed by atoms with Gasteiger partial charge in [-0.25, -0.2) is 0 Å². The van der Waals surface area contributed by atoms with Crippen LogP contribution in [0.2, 0.25) is 0 Å². The highest BCUT2D eigenvalue weighted by atomic mass is 32.1. The Kier molecular flexibility index (Phi) is 5.11. The molecule has 138 valence electrons. The Hall–Kier alpha value is -1.69. The predicted molar refractivity (Wildman–Crippen MR) is 106 cm³/mol. The van der Waals surface area contributed by atoms with Crippen molar-refractivity contribution in [1.82, 2.24) is 10.6 Å². The van der Waals surface area contributed by atoms with Crippen LogP contribution < -0.4 is 10.6 Å². The van der Waals surface area contributed by atoms with Gasteiger partial charge in [-0.15, -0.1) is 11.3 Å². The summed E-state index contributed by atoms with van der Waals surface area (Å²) in [6, 6.07) is 10.6. The first-order valence-electron chi connectivity index (χ1n) is 9.40. The number of hydrogen-bond acceptors (Lipinski definition) is 4. The first-order chi connectivity index (χ1) is 12.7. The number of nitrogens with one attached hydrogen (secondary N) is 2. The van der Waals surface area contributed by atoms with Crippen LogP contribution in [-0.2, 0) is 17.6 Å². The minimum absolute atomic E-state index is 0.0518. The van der Waals surface area contributed by atoms with Gasteiger partial charge < -0.3 is 15.4 Å². The topological polar surface area (TPSA) is 50.4 Å². The molecule has 1 aromatic heterocycles. The molecule has 4 nitrogen and oxygen atoms in total. The van der Waals surface area contributed by atoms with Gasteiger partial charge in [0, 0.05) is 23.9 Å². The van der Waals surface area contributed by atoms with Gasteiger partial charge in [-0.2, -0.15) is 0 Å². The minimum atomic E-state index is 0.0518. The molecule has 4 rings (SSSR count). The van der Waals surface area contributed by atoms with Crippen molar-refractivity contribution >= 4 is 17.2 Å². The van der Waals surface area contributed by atoms with E-state index < -0.39 is 0 Å². The summed E-state index contributed by atoms with van der Waals surface area (Å²) in [5.74, 6) is 0.0518. The van der Waals surface area contributed by atoms with E-state index >= 15 is 0 Å². The third-order valence-electron chi connectivity index (χ3n) is 5.70. The third kappa shape index (κ3) is 3.43. The van der Waals surface area contributed by atoms with E-state index in [2.05, 4.69) is 41.0 Å². The zero-order valence-corrected chi connectivity index (χ0v) is 16.1. The number of amides is 1. The normalized spacial score (nSPS) is 18.0. The lowest BCUT2D eigenvalue weighted by molar-refractivity contribution is 0.0512. The molecule has 2 heterocycles. The number of carbonyl (C=O) groups is 1. The standard InChI is InChI=1S/C21H26N2O2S/c1-25-14-21(8-10-22-11-9-21)13-23-20(24)18-12-16-7-6-15-4-2-3-5-17(15)19(16)26-18/h2-5,12,22H,6-11,13-14H2,1H3,(H,23,24). The van der Waals surface area contributed by atoms with Crippen LogP contribution in [0.25, 0.3) is 10.4 Å². The van der Waals surface area contributed by atoms with Crippen LogP contribution in [0.1, 0.15) is 33.6 Å². The lowest BCUT2D eigenvalue weighted by atomic mass is 9.79. The highest BCUT2D eigenvalue weighted by Gasteiger charge is 2.33. The van der Waals surface area contributed by atoms with Gasteiger partial charge in [0.05, 0.1) is 11.5 Å². The zero-order chi connectivity index (χ0) is 18.0. The number of hydrogen-bond donors (Lipinski definition) is 2. The Labute approximate surface area is 159 Å². The number of fused-ring (bicyclic) bond motifs is 3. The zero-order valence-electron chi connectivity index (χ0n) is 15.3. The fourth-order valence-electron chi connectivity index (χ4n) is 4.17. The van der Waals surface area contributed by atoms with Crippen molar-refractivity contribution < 1.29 is 9.53 Å². The maximum Gasteiger partial charge on any atom is 0.261 e. The average molecular weight is 371 g/mol. The van der Waals surface area contributed by atoms with Gasteiger partial charge >= 0.3 is 0 Å². The van der Waals surface area contributed by atoms with E-state index in [0.717, 1.165) is 43.6 Å². The number of rotatable bonds is 5. The summed E-state index contributed by atoms with van der Waals surface area (Å²) < 4.78 is 5.45. The van der Waals surface area contributed by atoms with Gasteiger partial charge in [-0.05, 0) is 61.5 Å². The van der Waals surface area contributed by atoms with Crippen LogP contribution in [-0.4, -0.2) is 39.3 Å². The maximum atomic E-state index is 12.8. The van der Waals surface area contributed by atoms with Crippen molar-refractivity contribution in [2.45, 2.75) is 25.7 Å². The van der Waals surface area contributed by atoms with Crippen molar-refractivity contribution in [3.05, 3.63) is 46.3 Å². The highest BCUT2D eigenvalue weighted by Crippen LogP contribution is 2.39. The second-order valence-electron chi connectivity index (χ2n) is 7.49. The van der Waals surface area contributed by atoms with Gasteiger partial charge in [0.25, 0.3) is 5.91 Å². The molecule has 1 aliphatic heterocycles. The first kappa shape index (κ1) is 17.7. The summed E-state index contributed by atoms with van der Waals surface area (Å²) in [5, 5.41) is 6.58. The second-order valence-corrected chi connectivity index (χ2v) is 8.54. The predicted octanol–water partition coefficient (Wildman–Crippen LogP) is 3.26. The summed E-state index contributed by atoms with van der Waals surface area (Å²) in [6.45, 7) is 3.36. The van der Waals surface area contributed by atoms with Crippen molar-refractivity contribution in [2.24, 2.45) is 5.41 Å². The molecule has 0 unspecified atom stereocenters. The highest BCUT2D eigenvalue weighted by molar-refractivity contribution is 7.17. The molecule has 5 heteroatoms. The van der Waals surface area contributed by atoms with E-state index in [1.54, 1.807) is 18.4 Å². The molecule has 1 amide bonds. The molecule has 0 bridgehead atoms. The van der Waals surface area contributed by atoms with Gasteiger partial charge in [-0.3, -0.25) is 4.79 Å². The molecule has 0 spiro atoms. The molecule has 1 fully saturated rings. The van der Waals surface area contributed by atoms with Gasteiger partial charge in [-0.1, -0.05) is 24.3 Å². The van der Waals surface area contributed by atoms with Gasteiger partial charge in [0.15, 0.2) is 0 Å². The molecule has 1 aliphatic carbocycles. The molecule has 2 aromatic rings. The van der Waals surface area contributed by atoms with Crippen LogP contribution >= 0.6 is 11.3 Å². The van der Waals surface area contributed by atoms with Crippen LogP contribution in [0.4, 0.5) is 0 Å². The number of aryl methyl sites for hydroxylation is 2. The quantitative estimate of drug-likeness (QED) is 0.849. The van der Waals surface area contributed by atoms with Gasteiger partial charge in [0.1, 0.15) is 0 Å². The molecule has 1 aromatic carbocycles. The molecule has 0 saturated carbocycles.